The molecular weight excluding hydrogens is 187 g/mol. The summed E-state index contributed by atoms with van der Waals surface area (Å²) >= 11 is 0. The number of aliphatic hydroxyl groups excluding tert-OH is 1. The molecule has 0 aromatic heterocycles. The molecule has 0 aromatic rings. The summed E-state index contributed by atoms with van der Waals surface area (Å²) in [5.74, 6) is -1.18. The standard InChI is InChI=1S/C10H13FO3/c11-8-4-1-2-5-10(8,9(13)14)6-3-7-12/h1-2,4-5,8,12H,3,6-7H2,(H,13,14). The van der Waals surface area contributed by atoms with Crippen molar-refractivity contribution in [2.75, 3.05) is 6.61 Å². The number of aliphatic carboxylic acids is 1. The van der Waals surface area contributed by atoms with Crippen molar-refractivity contribution >= 4 is 5.97 Å². The van der Waals surface area contributed by atoms with Crippen molar-refractivity contribution in [1.29, 1.82) is 0 Å². The number of alkyl halides is 1. The molecule has 0 spiro atoms. The van der Waals surface area contributed by atoms with Crippen LogP contribution in [0.1, 0.15) is 12.8 Å². The second-order valence-corrected chi connectivity index (χ2v) is 3.32. The van der Waals surface area contributed by atoms with Crippen molar-refractivity contribution in [3.63, 3.8) is 0 Å². The summed E-state index contributed by atoms with van der Waals surface area (Å²) in [4.78, 5) is 11.0. The highest BCUT2D eigenvalue weighted by atomic mass is 19.1. The molecule has 1 aliphatic carbocycles. The van der Waals surface area contributed by atoms with E-state index in [1.165, 1.54) is 24.3 Å². The first-order chi connectivity index (χ1) is 6.63. The summed E-state index contributed by atoms with van der Waals surface area (Å²) in [6.07, 6.45) is 4.48. The Hall–Kier alpha value is -1.16. The SMILES string of the molecule is O=C(O)C1(CCCO)C=CC=CC1F. The maximum Gasteiger partial charge on any atom is 0.316 e. The number of allylic oxidation sites excluding steroid dienone is 3. The molecule has 0 fully saturated rings. The van der Waals surface area contributed by atoms with Gasteiger partial charge >= 0.3 is 5.97 Å². The Morgan fingerprint density at radius 2 is 2.21 bits per heavy atom. The Kier molecular flexibility index (Phi) is 3.41. The lowest BCUT2D eigenvalue weighted by Crippen LogP contribution is -2.38. The lowest BCUT2D eigenvalue weighted by atomic mass is 9.76. The van der Waals surface area contributed by atoms with Gasteiger partial charge in [-0.3, -0.25) is 4.79 Å². The Labute approximate surface area is 81.6 Å². The topological polar surface area (TPSA) is 57.5 Å². The van der Waals surface area contributed by atoms with Gasteiger partial charge in [0.1, 0.15) is 11.6 Å². The van der Waals surface area contributed by atoms with Gasteiger partial charge in [0.05, 0.1) is 0 Å². The van der Waals surface area contributed by atoms with Crippen LogP contribution >= 0.6 is 0 Å². The molecule has 3 nitrogen and oxygen atoms in total. The summed E-state index contributed by atoms with van der Waals surface area (Å²) in [6, 6.07) is 0. The van der Waals surface area contributed by atoms with Crippen LogP contribution in [0.25, 0.3) is 0 Å². The average molecular weight is 200 g/mol. The highest BCUT2D eigenvalue weighted by molar-refractivity contribution is 5.79. The number of hydrogen-bond acceptors (Lipinski definition) is 2. The molecule has 2 unspecified atom stereocenters. The van der Waals surface area contributed by atoms with Gasteiger partial charge in [0.2, 0.25) is 0 Å². The Bertz CT molecular complexity index is 273. The van der Waals surface area contributed by atoms with Crippen LogP contribution in [0.3, 0.4) is 0 Å². The van der Waals surface area contributed by atoms with Crippen molar-refractivity contribution < 1.29 is 19.4 Å². The van der Waals surface area contributed by atoms with Gasteiger partial charge in [-0.1, -0.05) is 18.2 Å². The van der Waals surface area contributed by atoms with Gasteiger partial charge in [0, 0.05) is 6.61 Å². The van der Waals surface area contributed by atoms with E-state index in [1.807, 2.05) is 0 Å². The molecule has 1 rings (SSSR count). The van der Waals surface area contributed by atoms with Crippen molar-refractivity contribution in [3.05, 3.63) is 24.3 Å². The highest BCUT2D eigenvalue weighted by Gasteiger charge is 2.43. The van der Waals surface area contributed by atoms with Crippen LogP contribution in [0.15, 0.2) is 24.3 Å². The number of carboxylic acid groups (broad SMARTS) is 1. The molecule has 0 amide bonds. The molecule has 0 aliphatic heterocycles. The molecule has 0 saturated carbocycles. The molecule has 4 heteroatoms. The molecule has 0 saturated heterocycles. The fourth-order valence-electron chi connectivity index (χ4n) is 1.54. The maximum atomic E-state index is 13.5. The van der Waals surface area contributed by atoms with Gasteiger partial charge in [-0.05, 0) is 18.9 Å². The number of carbonyl (C=O) groups is 1. The number of carboxylic acids is 1. The molecule has 0 radical (unpaired) electrons. The van der Waals surface area contributed by atoms with Gasteiger partial charge in [-0.25, -0.2) is 4.39 Å². The zero-order chi connectivity index (χ0) is 10.6. The van der Waals surface area contributed by atoms with E-state index in [4.69, 9.17) is 10.2 Å². The second-order valence-electron chi connectivity index (χ2n) is 3.32. The lowest BCUT2D eigenvalue weighted by molar-refractivity contribution is -0.149. The van der Waals surface area contributed by atoms with Gasteiger partial charge in [0.25, 0.3) is 0 Å². The van der Waals surface area contributed by atoms with E-state index in [2.05, 4.69) is 0 Å². The van der Waals surface area contributed by atoms with E-state index in [-0.39, 0.29) is 19.4 Å². The van der Waals surface area contributed by atoms with Crippen LogP contribution in [0, 0.1) is 5.41 Å². The van der Waals surface area contributed by atoms with Crippen LogP contribution in [-0.4, -0.2) is 29.0 Å². The molecule has 0 heterocycles. The van der Waals surface area contributed by atoms with Crippen molar-refractivity contribution in [2.24, 2.45) is 5.41 Å². The van der Waals surface area contributed by atoms with Crippen LogP contribution < -0.4 is 0 Å². The van der Waals surface area contributed by atoms with E-state index in [0.717, 1.165) is 0 Å². The van der Waals surface area contributed by atoms with E-state index < -0.39 is 17.6 Å². The van der Waals surface area contributed by atoms with Crippen LogP contribution in [0.4, 0.5) is 4.39 Å². The van der Waals surface area contributed by atoms with E-state index in [1.54, 1.807) is 0 Å². The fourth-order valence-corrected chi connectivity index (χ4v) is 1.54. The van der Waals surface area contributed by atoms with Gasteiger partial charge in [-0.2, -0.15) is 0 Å². The van der Waals surface area contributed by atoms with Crippen LogP contribution in [-0.2, 0) is 4.79 Å². The Balaban J connectivity index is 2.86. The summed E-state index contributed by atoms with van der Waals surface area (Å²) < 4.78 is 13.5. The molecule has 78 valence electrons. The zero-order valence-corrected chi connectivity index (χ0v) is 7.69. The quantitative estimate of drug-likeness (QED) is 0.719. The Morgan fingerprint density at radius 3 is 2.71 bits per heavy atom. The number of halogens is 1. The van der Waals surface area contributed by atoms with Crippen LogP contribution in [0.2, 0.25) is 0 Å². The van der Waals surface area contributed by atoms with E-state index in [9.17, 15) is 9.18 Å². The molecule has 1 aliphatic rings. The van der Waals surface area contributed by atoms with Crippen LogP contribution in [0.5, 0.6) is 0 Å². The fraction of sp³-hybridized carbons (Fsp3) is 0.500. The molecule has 14 heavy (non-hydrogen) atoms. The van der Waals surface area contributed by atoms with Gasteiger partial charge in [0.15, 0.2) is 0 Å². The highest BCUT2D eigenvalue weighted by Crippen LogP contribution is 2.35. The molecule has 2 N–H and O–H groups in total. The predicted molar refractivity (Wildman–Crippen MR) is 49.6 cm³/mol. The van der Waals surface area contributed by atoms with Gasteiger partial charge < -0.3 is 10.2 Å². The summed E-state index contributed by atoms with van der Waals surface area (Å²) in [6.45, 7) is -0.126. The zero-order valence-electron chi connectivity index (χ0n) is 7.69. The van der Waals surface area contributed by atoms with Crippen molar-refractivity contribution in [2.45, 2.75) is 19.0 Å². The minimum atomic E-state index is -1.52. The first kappa shape index (κ1) is 10.9. The number of hydrogen-bond donors (Lipinski definition) is 2. The first-order valence-electron chi connectivity index (χ1n) is 4.48. The monoisotopic (exact) mass is 200 g/mol. The molecule has 0 aromatic carbocycles. The summed E-state index contributed by atoms with van der Waals surface area (Å²) in [7, 11) is 0. The third-order valence-corrected chi connectivity index (χ3v) is 2.42. The van der Waals surface area contributed by atoms with E-state index >= 15 is 0 Å². The molecular formula is C10H13FO3. The largest absolute Gasteiger partial charge is 0.481 e. The maximum absolute atomic E-state index is 13.5. The third kappa shape index (κ3) is 1.85. The third-order valence-electron chi connectivity index (χ3n) is 2.42. The minimum Gasteiger partial charge on any atom is -0.481 e. The molecule has 0 bridgehead atoms. The van der Waals surface area contributed by atoms with Gasteiger partial charge in [-0.15, -0.1) is 0 Å². The van der Waals surface area contributed by atoms with E-state index in [0.29, 0.717) is 0 Å². The number of rotatable bonds is 4. The summed E-state index contributed by atoms with van der Waals surface area (Å²) in [5, 5.41) is 17.6. The number of aliphatic hydroxyl groups is 1. The smallest absolute Gasteiger partial charge is 0.316 e. The summed E-state index contributed by atoms with van der Waals surface area (Å²) in [5.41, 5.74) is -1.49. The lowest BCUT2D eigenvalue weighted by Gasteiger charge is -2.29. The molecule has 2 atom stereocenters. The van der Waals surface area contributed by atoms with Crippen molar-refractivity contribution in [1.82, 2.24) is 0 Å². The Morgan fingerprint density at radius 1 is 1.50 bits per heavy atom. The predicted octanol–water partition coefficient (Wildman–Crippen LogP) is 1.29. The normalized spacial score (nSPS) is 30.6. The average Bonchev–Trinajstić information content (AvgIpc) is 2.16. The van der Waals surface area contributed by atoms with Crippen molar-refractivity contribution in [3.8, 4) is 0 Å². The first-order valence-corrected chi connectivity index (χ1v) is 4.48. The minimum absolute atomic E-state index is 0.112. The second kappa shape index (κ2) is 4.37.